The van der Waals surface area contributed by atoms with Gasteiger partial charge in [0.25, 0.3) is 0 Å². The van der Waals surface area contributed by atoms with E-state index in [1.54, 1.807) is 5.46 Å². The van der Waals surface area contributed by atoms with Gasteiger partial charge in [-0.3, -0.25) is 0 Å². The zero-order valence-electron chi connectivity index (χ0n) is 8.95. The van der Waals surface area contributed by atoms with E-state index < -0.39 is 0 Å². The average Bonchev–Trinajstić information content (AvgIpc) is 2.82. The molecule has 1 aliphatic rings. The van der Waals surface area contributed by atoms with Crippen LogP contribution in [-0.2, 0) is 0 Å². The van der Waals surface area contributed by atoms with Gasteiger partial charge in [-0.05, 0) is 10.8 Å². The van der Waals surface area contributed by atoms with Crippen LogP contribution in [0.3, 0.4) is 0 Å². The molecule has 0 saturated carbocycles. The van der Waals surface area contributed by atoms with Crippen molar-refractivity contribution in [2.75, 3.05) is 0 Å². The van der Waals surface area contributed by atoms with Crippen molar-refractivity contribution >= 4 is 22.9 Å². The minimum absolute atomic E-state index is 0.816. The molecule has 1 heteroatoms. The summed E-state index contributed by atoms with van der Waals surface area (Å²) in [5.41, 5.74) is 1.57. The van der Waals surface area contributed by atoms with Gasteiger partial charge in [-0.1, -0.05) is 73.4 Å². The van der Waals surface area contributed by atoms with E-state index in [4.69, 9.17) is 0 Å². The van der Waals surface area contributed by atoms with Crippen molar-refractivity contribution in [3.8, 4) is 0 Å². The summed E-state index contributed by atoms with van der Waals surface area (Å²) in [4.78, 5) is 0. The maximum absolute atomic E-state index is 2.32. The first-order chi connectivity index (χ1) is 7.45. The van der Waals surface area contributed by atoms with Crippen molar-refractivity contribution in [3.63, 3.8) is 0 Å². The van der Waals surface area contributed by atoms with Gasteiger partial charge >= 0.3 is 0 Å². The van der Waals surface area contributed by atoms with Crippen LogP contribution < -0.4 is 5.46 Å². The summed E-state index contributed by atoms with van der Waals surface area (Å²) in [6.07, 6.45) is 5.59. The minimum Gasteiger partial charge on any atom is -0.0724 e. The number of benzene rings is 2. The fourth-order valence-electron chi connectivity index (χ4n) is 2.84. The maximum Gasteiger partial charge on any atom is 0.176 e. The molecule has 2 aromatic carbocycles. The summed E-state index contributed by atoms with van der Waals surface area (Å²) in [5.74, 6) is 0. The highest BCUT2D eigenvalue weighted by molar-refractivity contribution is 6.76. The van der Waals surface area contributed by atoms with E-state index in [1.165, 1.54) is 36.3 Å². The smallest absolute Gasteiger partial charge is 0.0724 e. The molecule has 74 valence electrons. The molecule has 0 aromatic heterocycles. The summed E-state index contributed by atoms with van der Waals surface area (Å²) >= 11 is 0. The molecule has 1 fully saturated rings. The second-order valence-electron chi connectivity index (χ2n) is 4.55. The lowest BCUT2D eigenvalue weighted by Gasteiger charge is -2.09. The van der Waals surface area contributed by atoms with Crippen molar-refractivity contribution in [2.45, 2.75) is 25.5 Å². The topological polar surface area (TPSA) is 0 Å². The molecule has 2 aromatic rings. The van der Waals surface area contributed by atoms with Crippen LogP contribution in [0, 0.1) is 0 Å². The van der Waals surface area contributed by atoms with Gasteiger partial charge in [-0.2, -0.15) is 0 Å². The van der Waals surface area contributed by atoms with Crippen LogP contribution in [0.25, 0.3) is 10.8 Å². The average molecular weight is 194 g/mol. The Hall–Kier alpha value is -1.24. The number of hydrogen-bond donors (Lipinski definition) is 0. The van der Waals surface area contributed by atoms with Crippen LogP contribution in [0.2, 0.25) is 12.6 Å². The molecule has 0 aliphatic carbocycles. The van der Waals surface area contributed by atoms with Gasteiger partial charge in [-0.15, -0.1) is 0 Å². The van der Waals surface area contributed by atoms with Crippen molar-refractivity contribution in [1.29, 1.82) is 0 Å². The van der Waals surface area contributed by atoms with Gasteiger partial charge in [0.05, 0.1) is 0 Å². The quantitative estimate of drug-likeness (QED) is 0.610. The van der Waals surface area contributed by atoms with Crippen LogP contribution in [0.4, 0.5) is 0 Å². The Labute approximate surface area is 91.4 Å². The van der Waals surface area contributed by atoms with Crippen molar-refractivity contribution in [2.24, 2.45) is 0 Å². The van der Waals surface area contributed by atoms with Crippen molar-refractivity contribution in [1.82, 2.24) is 0 Å². The number of hydrogen-bond acceptors (Lipinski definition) is 0. The summed E-state index contributed by atoms with van der Waals surface area (Å²) in [6, 6.07) is 15.5. The molecular weight excluding hydrogens is 179 g/mol. The lowest BCUT2D eigenvalue weighted by molar-refractivity contribution is 0.935. The summed E-state index contributed by atoms with van der Waals surface area (Å²) in [5, 5.41) is 2.86. The standard InChI is InChI=1S/C14H15B/c1-2-8-13-12(6-1)7-5-9-14(13)15-10-3-4-11-15/h1-2,5-9H,3-4,10-11H2. The SMILES string of the molecule is c1ccc2c(B3CCCC3)cccc2c1. The van der Waals surface area contributed by atoms with Gasteiger partial charge < -0.3 is 0 Å². The van der Waals surface area contributed by atoms with Crippen LogP contribution in [0.5, 0.6) is 0 Å². The second-order valence-corrected chi connectivity index (χ2v) is 4.55. The molecule has 0 spiro atoms. The monoisotopic (exact) mass is 194 g/mol. The van der Waals surface area contributed by atoms with E-state index in [2.05, 4.69) is 42.5 Å². The summed E-state index contributed by atoms with van der Waals surface area (Å²) < 4.78 is 0. The van der Waals surface area contributed by atoms with E-state index in [9.17, 15) is 0 Å². The molecule has 15 heavy (non-hydrogen) atoms. The van der Waals surface area contributed by atoms with Crippen LogP contribution in [0.1, 0.15) is 12.8 Å². The molecule has 0 N–H and O–H groups in total. The largest absolute Gasteiger partial charge is 0.176 e. The fraction of sp³-hybridized carbons (Fsp3) is 0.286. The Balaban J connectivity index is 2.16. The molecule has 0 bridgehead atoms. The molecule has 0 radical (unpaired) electrons. The van der Waals surface area contributed by atoms with Crippen LogP contribution >= 0.6 is 0 Å². The first-order valence-electron chi connectivity index (χ1n) is 5.93. The molecule has 1 heterocycles. The Morgan fingerprint density at radius 1 is 0.800 bits per heavy atom. The van der Waals surface area contributed by atoms with Gasteiger partial charge in [0.15, 0.2) is 6.71 Å². The first-order valence-corrected chi connectivity index (χ1v) is 5.93. The Kier molecular flexibility index (Phi) is 2.24. The normalized spacial score (nSPS) is 16.1. The first kappa shape index (κ1) is 9.02. The Morgan fingerprint density at radius 2 is 1.53 bits per heavy atom. The molecule has 1 aliphatic heterocycles. The highest BCUT2D eigenvalue weighted by atomic mass is 14.0. The lowest BCUT2D eigenvalue weighted by atomic mass is 9.43. The fourth-order valence-corrected chi connectivity index (χ4v) is 2.84. The molecule has 0 atom stereocenters. The molecule has 0 unspecified atom stereocenters. The maximum atomic E-state index is 2.32. The predicted octanol–water partition coefficient (Wildman–Crippen LogP) is 3.34. The predicted molar refractivity (Wildman–Crippen MR) is 68.2 cm³/mol. The highest BCUT2D eigenvalue weighted by Gasteiger charge is 2.22. The van der Waals surface area contributed by atoms with E-state index in [0.29, 0.717) is 0 Å². The molecule has 1 saturated heterocycles. The lowest BCUT2D eigenvalue weighted by Crippen LogP contribution is -2.26. The molecular formula is C14H15B. The minimum atomic E-state index is 0.816. The third-order valence-corrected chi connectivity index (χ3v) is 3.62. The van der Waals surface area contributed by atoms with Gasteiger partial charge in [0.2, 0.25) is 0 Å². The molecule has 3 rings (SSSR count). The number of fused-ring (bicyclic) bond motifs is 1. The molecule has 0 nitrogen and oxygen atoms in total. The Bertz CT molecular complexity index is 464. The van der Waals surface area contributed by atoms with E-state index in [1.807, 2.05) is 0 Å². The van der Waals surface area contributed by atoms with E-state index >= 15 is 0 Å². The van der Waals surface area contributed by atoms with E-state index in [-0.39, 0.29) is 0 Å². The zero-order chi connectivity index (χ0) is 10.1. The Morgan fingerprint density at radius 3 is 2.40 bits per heavy atom. The highest BCUT2D eigenvalue weighted by Crippen LogP contribution is 2.22. The van der Waals surface area contributed by atoms with Crippen molar-refractivity contribution in [3.05, 3.63) is 42.5 Å². The number of rotatable bonds is 1. The van der Waals surface area contributed by atoms with Crippen LogP contribution in [0.15, 0.2) is 42.5 Å². The van der Waals surface area contributed by atoms with Crippen molar-refractivity contribution < 1.29 is 0 Å². The van der Waals surface area contributed by atoms with Crippen LogP contribution in [-0.4, -0.2) is 6.71 Å². The van der Waals surface area contributed by atoms with Gasteiger partial charge in [0.1, 0.15) is 0 Å². The third kappa shape index (κ3) is 1.56. The summed E-state index contributed by atoms with van der Waals surface area (Å²) in [7, 11) is 0. The van der Waals surface area contributed by atoms with Gasteiger partial charge in [-0.25, -0.2) is 0 Å². The second kappa shape index (κ2) is 3.73. The summed E-state index contributed by atoms with van der Waals surface area (Å²) in [6.45, 7) is 0.816. The zero-order valence-corrected chi connectivity index (χ0v) is 8.95. The van der Waals surface area contributed by atoms with Gasteiger partial charge in [0, 0.05) is 0 Å². The van der Waals surface area contributed by atoms with E-state index in [0.717, 1.165) is 6.71 Å². The third-order valence-electron chi connectivity index (χ3n) is 3.62. The molecule has 0 amide bonds.